The van der Waals surface area contributed by atoms with Gasteiger partial charge in [0.1, 0.15) is 11.8 Å². The predicted octanol–water partition coefficient (Wildman–Crippen LogP) is 2.70. The highest BCUT2D eigenvalue weighted by atomic mass is 16.5. The van der Waals surface area contributed by atoms with Crippen molar-refractivity contribution in [2.45, 2.75) is 39.7 Å². The van der Waals surface area contributed by atoms with E-state index in [1.807, 2.05) is 32.0 Å². The van der Waals surface area contributed by atoms with Gasteiger partial charge < -0.3 is 10.5 Å². The molecule has 0 aliphatic heterocycles. The molecule has 0 amide bonds. The molecule has 0 aliphatic rings. The van der Waals surface area contributed by atoms with Crippen molar-refractivity contribution in [2.24, 2.45) is 11.7 Å². The molecule has 0 saturated carbocycles. The minimum Gasteiger partial charge on any atom is -0.425 e. The number of esters is 1. The number of nitrogens with two attached hydrogens (primary N) is 1. The lowest BCUT2D eigenvalue weighted by Crippen LogP contribution is -2.38. The van der Waals surface area contributed by atoms with E-state index >= 15 is 0 Å². The average molecular weight is 235 g/mol. The third kappa shape index (κ3) is 3.86. The molecule has 1 unspecified atom stereocenters. The summed E-state index contributed by atoms with van der Waals surface area (Å²) in [5, 5.41) is 0. The summed E-state index contributed by atoms with van der Waals surface area (Å²) in [6, 6.07) is 6.99. The van der Waals surface area contributed by atoms with E-state index in [1.54, 1.807) is 6.07 Å². The molecular weight excluding hydrogens is 214 g/mol. The molecule has 0 aromatic heterocycles. The van der Waals surface area contributed by atoms with Crippen LogP contribution in [0.2, 0.25) is 0 Å². The van der Waals surface area contributed by atoms with E-state index in [2.05, 4.69) is 13.8 Å². The molecule has 1 aromatic carbocycles. The van der Waals surface area contributed by atoms with Crippen LogP contribution in [0.15, 0.2) is 24.3 Å². The fourth-order valence-electron chi connectivity index (χ4n) is 1.39. The lowest BCUT2D eigenvalue weighted by Gasteiger charge is -2.15. The third-order valence-electron chi connectivity index (χ3n) is 2.73. The van der Waals surface area contributed by atoms with Crippen molar-refractivity contribution in [3.05, 3.63) is 29.8 Å². The molecule has 0 saturated heterocycles. The van der Waals surface area contributed by atoms with Crippen LogP contribution < -0.4 is 10.5 Å². The Morgan fingerprint density at radius 3 is 2.41 bits per heavy atom. The highest BCUT2D eigenvalue weighted by Crippen LogP contribution is 2.20. The summed E-state index contributed by atoms with van der Waals surface area (Å²) >= 11 is 0. The molecule has 0 aliphatic carbocycles. The zero-order valence-electron chi connectivity index (χ0n) is 10.9. The Balaban J connectivity index is 2.75. The lowest BCUT2D eigenvalue weighted by molar-refractivity contribution is -0.136. The molecule has 3 nitrogen and oxygen atoms in total. The molecule has 2 N–H and O–H groups in total. The number of hydrogen-bond acceptors (Lipinski definition) is 3. The summed E-state index contributed by atoms with van der Waals surface area (Å²) in [6.45, 7) is 7.99. The minimum absolute atomic E-state index is 0.0794. The number of ether oxygens (including phenoxy) is 1. The molecule has 0 heterocycles. The van der Waals surface area contributed by atoms with E-state index in [4.69, 9.17) is 10.5 Å². The second-order valence-electron chi connectivity index (χ2n) is 4.92. The monoisotopic (exact) mass is 235 g/mol. The van der Waals surface area contributed by atoms with Crippen molar-refractivity contribution < 1.29 is 9.53 Å². The van der Waals surface area contributed by atoms with Crippen LogP contribution >= 0.6 is 0 Å². The topological polar surface area (TPSA) is 52.3 Å². The van der Waals surface area contributed by atoms with Crippen LogP contribution in [0.1, 0.15) is 39.2 Å². The van der Waals surface area contributed by atoms with Crippen LogP contribution in [0.4, 0.5) is 0 Å². The number of rotatable bonds is 4. The number of hydrogen-bond donors (Lipinski definition) is 1. The number of carbonyl (C=O) groups excluding carboxylic acids is 1. The van der Waals surface area contributed by atoms with Gasteiger partial charge in [0.15, 0.2) is 0 Å². The first-order chi connectivity index (χ1) is 7.91. The number of benzene rings is 1. The maximum Gasteiger partial charge on any atom is 0.328 e. The Kier molecular flexibility index (Phi) is 4.70. The molecule has 17 heavy (non-hydrogen) atoms. The van der Waals surface area contributed by atoms with Crippen LogP contribution in [0.25, 0.3) is 0 Å². The second-order valence-corrected chi connectivity index (χ2v) is 4.92. The zero-order valence-corrected chi connectivity index (χ0v) is 10.9. The van der Waals surface area contributed by atoms with Crippen molar-refractivity contribution in [1.29, 1.82) is 0 Å². The van der Waals surface area contributed by atoms with Gasteiger partial charge in [-0.05, 0) is 29.5 Å². The minimum atomic E-state index is -0.572. The Bertz CT molecular complexity index is 386. The molecule has 94 valence electrons. The fraction of sp³-hybridized carbons (Fsp3) is 0.500. The Morgan fingerprint density at radius 1 is 1.24 bits per heavy atom. The van der Waals surface area contributed by atoms with E-state index < -0.39 is 6.04 Å². The van der Waals surface area contributed by atoms with Crippen LogP contribution in [0, 0.1) is 5.92 Å². The average Bonchev–Trinajstić information content (AvgIpc) is 2.28. The van der Waals surface area contributed by atoms with Gasteiger partial charge in [-0.3, -0.25) is 0 Å². The van der Waals surface area contributed by atoms with Gasteiger partial charge in [0, 0.05) is 0 Å². The molecule has 0 bridgehead atoms. The molecule has 1 rings (SSSR count). The Hall–Kier alpha value is -1.35. The third-order valence-corrected chi connectivity index (χ3v) is 2.73. The first-order valence-electron chi connectivity index (χ1n) is 5.99. The van der Waals surface area contributed by atoms with E-state index in [9.17, 15) is 4.79 Å². The summed E-state index contributed by atoms with van der Waals surface area (Å²) in [4.78, 5) is 11.7. The standard InChI is InChI=1S/C14H21NO2/c1-9(2)11-6-5-7-12(8-11)17-14(16)13(15)10(3)4/h5-10,13H,15H2,1-4H3. The summed E-state index contributed by atoms with van der Waals surface area (Å²) in [5.41, 5.74) is 6.88. The quantitative estimate of drug-likeness (QED) is 0.645. The van der Waals surface area contributed by atoms with E-state index in [0.717, 1.165) is 5.56 Å². The number of carbonyl (C=O) groups is 1. The van der Waals surface area contributed by atoms with Gasteiger partial charge in [-0.1, -0.05) is 39.8 Å². The SMILES string of the molecule is CC(C)c1cccc(OC(=O)C(N)C(C)C)c1. The largest absolute Gasteiger partial charge is 0.425 e. The van der Waals surface area contributed by atoms with Crippen molar-refractivity contribution in [1.82, 2.24) is 0 Å². The van der Waals surface area contributed by atoms with Crippen LogP contribution in [-0.2, 0) is 4.79 Å². The second kappa shape index (κ2) is 5.82. The van der Waals surface area contributed by atoms with Gasteiger partial charge in [0.2, 0.25) is 0 Å². The van der Waals surface area contributed by atoms with Gasteiger partial charge in [-0.25, -0.2) is 4.79 Å². The smallest absolute Gasteiger partial charge is 0.328 e. The summed E-state index contributed by atoms with van der Waals surface area (Å²) < 4.78 is 5.26. The Labute approximate surface area is 103 Å². The summed E-state index contributed by atoms with van der Waals surface area (Å²) in [6.07, 6.45) is 0. The van der Waals surface area contributed by atoms with E-state index in [1.165, 1.54) is 0 Å². The lowest BCUT2D eigenvalue weighted by atomic mass is 10.0. The first-order valence-corrected chi connectivity index (χ1v) is 5.99. The Morgan fingerprint density at radius 2 is 1.88 bits per heavy atom. The highest BCUT2D eigenvalue weighted by molar-refractivity contribution is 5.78. The molecule has 0 fully saturated rings. The van der Waals surface area contributed by atoms with Crippen molar-refractivity contribution in [2.75, 3.05) is 0 Å². The fourth-order valence-corrected chi connectivity index (χ4v) is 1.39. The van der Waals surface area contributed by atoms with E-state index in [-0.39, 0.29) is 11.9 Å². The molecule has 1 aromatic rings. The molecule has 1 atom stereocenters. The normalized spacial score (nSPS) is 12.9. The van der Waals surface area contributed by atoms with Gasteiger partial charge in [0.25, 0.3) is 0 Å². The molecule has 3 heteroatoms. The van der Waals surface area contributed by atoms with Gasteiger partial charge in [-0.2, -0.15) is 0 Å². The summed E-state index contributed by atoms with van der Waals surface area (Å²) in [5.74, 6) is 0.682. The van der Waals surface area contributed by atoms with Crippen LogP contribution in [0.3, 0.4) is 0 Å². The maximum absolute atomic E-state index is 11.7. The molecular formula is C14H21NO2. The first kappa shape index (κ1) is 13.7. The van der Waals surface area contributed by atoms with Crippen LogP contribution in [-0.4, -0.2) is 12.0 Å². The maximum atomic E-state index is 11.7. The van der Waals surface area contributed by atoms with Crippen molar-refractivity contribution in [3.63, 3.8) is 0 Å². The van der Waals surface area contributed by atoms with E-state index in [0.29, 0.717) is 11.7 Å². The highest BCUT2D eigenvalue weighted by Gasteiger charge is 2.19. The van der Waals surface area contributed by atoms with Crippen molar-refractivity contribution in [3.8, 4) is 5.75 Å². The zero-order chi connectivity index (χ0) is 13.0. The van der Waals surface area contributed by atoms with Gasteiger partial charge in [-0.15, -0.1) is 0 Å². The van der Waals surface area contributed by atoms with Crippen molar-refractivity contribution >= 4 is 5.97 Å². The predicted molar refractivity (Wildman–Crippen MR) is 69.0 cm³/mol. The van der Waals surface area contributed by atoms with Gasteiger partial charge >= 0.3 is 5.97 Å². The van der Waals surface area contributed by atoms with Gasteiger partial charge in [0.05, 0.1) is 0 Å². The summed E-state index contributed by atoms with van der Waals surface area (Å²) in [7, 11) is 0. The van der Waals surface area contributed by atoms with Crippen LogP contribution in [0.5, 0.6) is 5.75 Å². The molecule has 0 radical (unpaired) electrons. The molecule has 0 spiro atoms.